The minimum Gasteiger partial charge on any atom is -0.0645 e. The van der Waals surface area contributed by atoms with Crippen molar-refractivity contribution >= 4 is 0 Å². The molecule has 16 heavy (non-hydrogen) atoms. The maximum Gasteiger partial charge on any atom is -0.00496 e. The molecule has 0 radical (unpaired) electrons. The lowest BCUT2D eigenvalue weighted by Gasteiger charge is -2.37. The van der Waals surface area contributed by atoms with E-state index in [1.54, 1.807) is 5.56 Å². The average molecular weight is 216 g/mol. The van der Waals surface area contributed by atoms with Crippen molar-refractivity contribution < 1.29 is 0 Å². The highest BCUT2D eigenvalue weighted by Gasteiger charge is 2.31. The Bertz CT molecular complexity index is 314. The summed E-state index contributed by atoms with van der Waals surface area (Å²) in [5.74, 6) is 0. The van der Waals surface area contributed by atoms with Gasteiger partial charge < -0.3 is 0 Å². The molecule has 0 bridgehead atoms. The Kier molecular flexibility index (Phi) is 3.68. The second kappa shape index (κ2) is 5.03. The lowest BCUT2D eigenvalue weighted by atomic mass is 9.68. The molecule has 1 fully saturated rings. The molecule has 0 heteroatoms. The molecule has 0 spiro atoms. The van der Waals surface area contributed by atoms with E-state index in [1.807, 2.05) is 0 Å². The van der Waals surface area contributed by atoms with E-state index in [4.69, 9.17) is 0 Å². The summed E-state index contributed by atoms with van der Waals surface area (Å²) < 4.78 is 0. The Balaban J connectivity index is 2.24. The summed E-state index contributed by atoms with van der Waals surface area (Å²) >= 11 is 0. The molecule has 1 aromatic rings. The smallest absolute Gasteiger partial charge is 0.00496 e. The number of benzene rings is 1. The van der Waals surface area contributed by atoms with Crippen LogP contribution < -0.4 is 0 Å². The van der Waals surface area contributed by atoms with E-state index in [0.29, 0.717) is 5.41 Å². The van der Waals surface area contributed by atoms with Crippen LogP contribution in [-0.4, -0.2) is 0 Å². The Hall–Kier alpha value is -0.780. The third-order valence-electron chi connectivity index (χ3n) is 4.46. The molecule has 2 rings (SSSR count). The van der Waals surface area contributed by atoms with Crippen LogP contribution in [0.15, 0.2) is 24.3 Å². The van der Waals surface area contributed by atoms with Gasteiger partial charge in [0.15, 0.2) is 0 Å². The fourth-order valence-corrected chi connectivity index (χ4v) is 3.17. The minimum absolute atomic E-state index is 0.504. The largest absolute Gasteiger partial charge is 0.0645 e. The van der Waals surface area contributed by atoms with E-state index in [0.717, 1.165) is 6.42 Å². The molecule has 0 nitrogen and oxygen atoms in total. The van der Waals surface area contributed by atoms with Gasteiger partial charge in [-0.15, -0.1) is 0 Å². The van der Waals surface area contributed by atoms with Gasteiger partial charge in [0.25, 0.3) is 0 Å². The molecule has 0 aromatic heterocycles. The van der Waals surface area contributed by atoms with E-state index in [1.165, 1.54) is 44.1 Å². The summed E-state index contributed by atoms with van der Waals surface area (Å²) in [7, 11) is 0. The average Bonchev–Trinajstić information content (AvgIpc) is 2.39. The van der Waals surface area contributed by atoms with Gasteiger partial charge in [-0.05, 0) is 42.2 Å². The van der Waals surface area contributed by atoms with E-state index >= 15 is 0 Å². The van der Waals surface area contributed by atoms with Crippen LogP contribution in [0.2, 0.25) is 0 Å². The van der Waals surface area contributed by atoms with Crippen LogP contribution >= 0.6 is 0 Å². The zero-order valence-corrected chi connectivity index (χ0v) is 10.8. The molecule has 0 N–H and O–H groups in total. The van der Waals surface area contributed by atoms with Crippen LogP contribution in [0.5, 0.6) is 0 Å². The molecule has 88 valence electrons. The first-order chi connectivity index (χ1) is 7.80. The number of hydrogen-bond acceptors (Lipinski definition) is 0. The molecule has 0 saturated heterocycles. The maximum atomic E-state index is 2.38. The summed E-state index contributed by atoms with van der Waals surface area (Å²) in [6.07, 6.45) is 9.53. The van der Waals surface area contributed by atoms with E-state index in [2.05, 4.69) is 38.1 Å². The molecule has 0 heterocycles. The van der Waals surface area contributed by atoms with Gasteiger partial charge in [-0.3, -0.25) is 0 Å². The Labute approximate surface area is 100 Å². The second-order valence-corrected chi connectivity index (χ2v) is 5.25. The van der Waals surface area contributed by atoms with Crippen molar-refractivity contribution in [2.24, 2.45) is 0 Å². The van der Waals surface area contributed by atoms with Gasteiger partial charge >= 0.3 is 0 Å². The fraction of sp³-hybridized carbons (Fsp3) is 0.625. The van der Waals surface area contributed by atoms with Crippen LogP contribution in [0.4, 0.5) is 0 Å². The van der Waals surface area contributed by atoms with Gasteiger partial charge in [-0.1, -0.05) is 57.4 Å². The molecular weight excluding hydrogens is 192 g/mol. The summed E-state index contributed by atoms with van der Waals surface area (Å²) in [5.41, 5.74) is 3.56. The van der Waals surface area contributed by atoms with Crippen LogP contribution in [-0.2, 0) is 11.8 Å². The van der Waals surface area contributed by atoms with Crippen molar-refractivity contribution in [3.8, 4) is 0 Å². The first kappa shape index (κ1) is 11.7. The predicted molar refractivity (Wildman–Crippen MR) is 70.9 cm³/mol. The summed E-state index contributed by atoms with van der Waals surface area (Å²) in [5, 5.41) is 0. The molecular formula is C16H24. The van der Waals surface area contributed by atoms with Crippen LogP contribution in [0, 0.1) is 0 Å². The van der Waals surface area contributed by atoms with Gasteiger partial charge in [-0.2, -0.15) is 0 Å². The standard InChI is InChI=1S/C16H24/c1-3-14-8-10-15(11-9-14)16(4-2)12-6-5-7-13-16/h8-11H,3-7,12-13H2,1-2H3. The zero-order chi connectivity index (χ0) is 11.4. The third-order valence-corrected chi connectivity index (χ3v) is 4.46. The van der Waals surface area contributed by atoms with Gasteiger partial charge in [0.2, 0.25) is 0 Å². The number of aryl methyl sites for hydroxylation is 1. The highest BCUT2D eigenvalue weighted by molar-refractivity contribution is 5.29. The van der Waals surface area contributed by atoms with Crippen LogP contribution in [0.25, 0.3) is 0 Å². The predicted octanol–water partition coefficient (Wildman–Crippen LogP) is 4.86. The zero-order valence-electron chi connectivity index (χ0n) is 10.8. The van der Waals surface area contributed by atoms with Crippen molar-refractivity contribution in [3.05, 3.63) is 35.4 Å². The second-order valence-electron chi connectivity index (χ2n) is 5.25. The van der Waals surface area contributed by atoms with E-state index in [9.17, 15) is 0 Å². The molecule has 0 atom stereocenters. The molecule has 0 unspecified atom stereocenters. The number of rotatable bonds is 3. The van der Waals surface area contributed by atoms with Gasteiger partial charge in [0.05, 0.1) is 0 Å². The van der Waals surface area contributed by atoms with Gasteiger partial charge in [0.1, 0.15) is 0 Å². The third kappa shape index (κ3) is 2.16. The topological polar surface area (TPSA) is 0 Å². The first-order valence-electron chi connectivity index (χ1n) is 6.90. The normalized spacial score (nSPS) is 19.6. The minimum atomic E-state index is 0.504. The van der Waals surface area contributed by atoms with Crippen molar-refractivity contribution in [3.63, 3.8) is 0 Å². The molecule has 1 aliphatic rings. The van der Waals surface area contributed by atoms with Gasteiger partial charge in [0, 0.05) is 0 Å². The summed E-state index contributed by atoms with van der Waals surface area (Å²) in [6.45, 7) is 4.59. The number of hydrogen-bond donors (Lipinski definition) is 0. The first-order valence-corrected chi connectivity index (χ1v) is 6.90. The maximum absolute atomic E-state index is 2.38. The molecule has 1 aromatic carbocycles. The highest BCUT2D eigenvalue weighted by atomic mass is 14.4. The van der Waals surface area contributed by atoms with Crippen molar-refractivity contribution in [2.45, 2.75) is 64.2 Å². The van der Waals surface area contributed by atoms with Gasteiger partial charge in [-0.25, -0.2) is 0 Å². The highest BCUT2D eigenvalue weighted by Crippen LogP contribution is 2.41. The Morgan fingerprint density at radius 1 is 0.938 bits per heavy atom. The molecule has 1 aliphatic carbocycles. The molecule has 1 saturated carbocycles. The van der Waals surface area contributed by atoms with E-state index in [-0.39, 0.29) is 0 Å². The van der Waals surface area contributed by atoms with Crippen LogP contribution in [0.3, 0.4) is 0 Å². The van der Waals surface area contributed by atoms with E-state index < -0.39 is 0 Å². The van der Waals surface area contributed by atoms with Crippen molar-refractivity contribution in [1.29, 1.82) is 0 Å². The van der Waals surface area contributed by atoms with Crippen molar-refractivity contribution in [2.75, 3.05) is 0 Å². The summed E-state index contributed by atoms with van der Waals surface area (Å²) in [6, 6.07) is 9.41. The summed E-state index contributed by atoms with van der Waals surface area (Å²) in [4.78, 5) is 0. The Morgan fingerprint density at radius 3 is 2.06 bits per heavy atom. The lowest BCUT2D eigenvalue weighted by Crippen LogP contribution is -2.28. The lowest BCUT2D eigenvalue weighted by molar-refractivity contribution is 0.283. The quantitative estimate of drug-likeness (QED) is 0.677. The molecule has 0 amide bonds. The fourth-order valence-electron chi connectivity index (χ4n) is 3.17. The van der Waals surface area contributed by atoms with Crippen LogP contribution in [0.1, 0.15) is 63.5 Å². The van der Waals surface area contributed by atoms with Crippen molar-refractivity contribution in [1.82, 2.24) is 0 Å². The monoisotopic (exact) mass is 216 g/mol. The SMILES string of the molecule is CCc1ccc(C2(CC)CCCCC2)cc1. The molecule has 0 aliphatic heterocycles. The Morgan fingerprint density at radius 2 is 1.56 bits per heavy atom.